The van der Waals surface area contributed by atoms with Gasteiger partial charge in [0, 0.05) is 18.2 Å². The summed E-state index contributed by atoms with van der Waals surface area (Å²) in [6.45, 7) is 6.28. The number of H-pyrrole nitrogens is 1. The number of benzene rings is 2. The molecule has 0 saturated carbocycles. The average Bonchev–Trinajstić information content (AvgIpc) is 3.38. The van der Waals surface area contributed by atoms with Crippen molar-refractivity contribution in [1.29, 1.82) is 0 Å². The zero-order chi connectivity index (χ0) is 23.2. The molecule has 1 unspecified atom stereocenters. The van der Waals surface area contributed by atoms with Crippen LogP contribution in [0.4, 0.5) is 0 Å². The van der Waals surface area contributed by atoms with Crippen LogP contribution < -0.4 is 5.69 Å². The number of nitrogens with zero attached hydrogens (tertiary/aromatic N) is 4. The van der Waals surface area contributed by atoms with Crippen molar-refractivity contribution in [3.63, 3.8) is 0 Å². The zero-order valence-corrected chi connectivity index (χ0v) is 18.7. The number of rotatable bonds is 4. The Balaban J connectivity index is 1.41. The maximum Gasteiger partial charge on any atom is 0.343 e. The van der Waals surface area contributed by atoms with Gasteiger partial charge in [-0.15, -0.1) is 0 Å². The summed E-state index contributed by atoms with van der Waals surface area (Å²) in [5, 5.41) is 13.0. The van der Waals surface area contributed by atoms with Gasteiger partial charge in [0.2, 0.25) is 0 Å². The molecule has 4 aromatic rings. The van der Waals surface area contributed by atoms with Gasteiger partial charge in [0.25, 0.3) is 0 Å². The van der Waals surface area contributed by atoms with Gasteiger partial charge in [0.15, 0.2) is 5.76 Å². The topological polar surface area (TPSA) is 106 Å². The quantitative estimate of drug-likeness (QED) is 0.479. The highest BCUT2D eigenvalue weighted by atomic mass is 16.6. The van der Waals surface area contributed by atoms with E-state index < -0.39 is 11.6 Å². The number of aromatic nitrogens is 4. The van der Waals surface area contributed by atoms with E-state index in [1.165, 1.54) is 4.57 Å². The Morgan fingerprint density at radius 2 is 1.97 bits per heavy atom. The second kappa shape index (κ2) is 8.00. The number of aromatic amines is 1. The van der Waals surface area contributed by atoms with Crippen molar-refractivity contribution in [1.82, 2.24) is 24.8 Å². The summed E-state index contributed by atoms with van der Waals surface area (Å²) in [5.41, 5.74) is 0.633. The SMILES string of the molecule is CC(C)(C)OC(=O)C1Cn2c(n[nH]c2=O)CN1Cc1cc(-c2ccc3ccccc3c2)on1. The average molecular weight is 447 g/mol. The molecule has 170 valence electrons. The summed E-state index contributed by atoms with van der Waals surface area (Å²) in [7, 11) is 0. The molecule has 5 rings (SSSR count). The highest BCUT2D eigenvalue weighted by Crippen LogP contribution is 2.27. The van der Waals surface area contributed by atoms with Crippen molar-refractivity contribution < 1.29 is 14.1 Å². The van der Waals surface area contributed by atoms with E-state index in [0.29, 0.717) is 30.4 Å². The van der Waals surface area contributed by atoms with Crippen LogP contribution in [0.5, 0.6) is 0 Å². The van der Waals surface area contributed by atoms with E-state index in [9.17, 15) is 9.59 Å². The van der Waals surface area contributed by atoms with Crippen molar-refractivity contribution in [3.05, 3.63) is 70.5 Å². The molecule has 1 aliphatic heterocycles. The summed E-state index contributed by atoms with van der Waals surface area (Å²) in [5.74, 6) is 0.829. The van der Waals surface area contributed by atoms with Crippen molar-refractivity contribution in [2.75, 3.05) is 0 Å². The van der Waals surface area contributed by atoms with Crippen LogP contribution in [-0.4, -0.2) is 42.4 Å². The molecular formula is C24H25N5O4. The molecule has 33 heavy (non-hydrogen) atoms. The third kappa shape index (κ3) is 4.31. The van der Waals surface area contributed by atoms with Gasteiger partial charge in [-0.3, -0.25) is 14.3 Å². The highest BCUT2D eigenvalue weighted by molar-refractivity contribution is 5.86. The number of ether oxygens (including phenoxy) is 1. The molecule has 0 spiro atoms. The Kier molecular flexibility index (Phi) is 5.13. The monoisotopic (exact) mass is 447 g/mol. The van der Waals surface area contributed by atoms with E-state index in [1.54, 1.807) is 0 Å². The summed E-state index contributed by atoms with van der Waals surface area (Å²) in [4.78, 5) is 26.9. The van der Waals surface area contributed by atoms with Crippen LogP contribution in [0.3, 0.4) is 0 Å². The Labute approximate surface area is 189 Å². The van der Waals surface area contributed by atoms with Crippen molar-refractivity contribution in [2.24, 2.45) is 0 Å². The number of carbonyl (C=O) groups is 1. The number of hydrogen-bond acceptors (Lipinski definition) is 7. The van der Waals surface area contributed by atoms with Crippen molar-refractivity contribution >= 4 is 16.7 Å². The van der Waals surface area contributed by atoms with Crippen LogP contribution in [-0.2, 0) is 29.2 Å². The standard InChI is InChI=1S/C24H25N5O4/c1-24(2,3)32-22(30)19-13-29-21(25-26-23(29)31)14-28(19)12-18-11-20(33-27-18)17-9-8-15-6-4-5-7-16(15)10-17/h4-11,19H,12-14H2,1-3H3,(H,26,31). The molecule has 0 fully saturated rings. The molecule has 1 aliphatic rings. The second-order valence-corrected chi connectivity index (χ2v) is 9.25. The summed E-state index contributed by atoms with van der Waals surface area (Å²) in [6.07, 6.45) is 0. The molecule has 2 aromatic carbocycles. The van der Waals surface area contributed by atoms with Gasteiger partial charge >= 0.3 is 11.7 Å². The number of fused-ring (bicyclic) bond motifs is 2. The fraction of sp³-hybridized carbons (Fsp3) is 0.333. The van der Waals surface area contributed by atoms with E-state index >= 15 is 0 Å². The normalized spacial score (nSPS) is 16.6. The van der Waals surface area contributed by atoms with Crippen LogP contribution in [0.25, 0.3) is 22.1 Å². The lowest BCUT2D eigenvalue weighted by atomic mass is 10.1. The van der Waals surface area contributed by atoms with Crippen molar-refractivity contribution in [2.45, 2.75) is 52.0 Å². The summed E-state index contributed by atoms with van der Waals surface area (Å²) >= 11 is 0. The number of hydrogen-bond donors (Lipinski definition) is 1. The molecule has 0 amide bonds. The summed E-state index contributed by atoms with van der Waals surface area (Å²) < 4.78 is 12.7. The number of esters is 1. The second-order valence-electron chi connectivity index (χ2n) is 9.25. The van der Waals surface area contributed by atoms with E-state index in [0.717, 1.165) is 16.3 Å². The molecule has 1 atom stereocenters. The first-order valence-electron chi connectivity index (χ1n) is 10.8. The molecule has 9 heteroatoms. The molecule has 0 radical (unpaired) electrons. The van der Waals surface area contributed by atoms with Gasteiger partial charge in [-0.2, -0.15) is 5.10 Å². The molecule has 2 aromatic heterocycles. The first kappa shape index (κ1) is 21.1. The van der Waals surface area contributed by atoms with Gasteiger partial charge in [-0.1, -0.05) is 41.6 Å². The molecule has 3 heterocycles. The Bertz CT molecular complexity index is 1380. The van der Waals surface area contributed by atoms with Gasteiger partial charge in [-0.25, -0.2) is 9.89 Å². The molecule has 0 aliphatic carbocycles. The summed E-state index contributed by atoms with van der Waals surface area (Å²) in [6, 6.07) is 15.5. The minimum absolute atomic E-state index is 0.162. The van der Waals surface area contributed by atoms with Gasteiger partial charge in [0.1, 0.15) is 17.5 Å². The Morgan fingerprint density at radius 3 is 2.76 bits per heavy atom. The minimum Gasteiger partial charge on any atom is -0.459 e. The lowest BCUT2D eigenvalue weighted by Gasteiger charge is -2.34. The lowest BCUT2D eigenvalue weighted by Crippen LogP contribution is -2.51. The van der Waals surface area contributed by atoms with Crippen molar-refractivity contribution in [3.8, 4) is 11.3 Å². The fourth-order valence-electron chi connectivity index (χ4n) is 4.07. The molecular weight excluding hydrogens is 422 g/mol. The van der Waals surface area contributed by atoms with Crippen LogP contribution in [0.1, 0.15) is 32.3 Å². The molecule has 1 N–H and O–H groups in total. The van der Waals surface area contributed by atoms with Crippen LogP contribution >= 0.6 is 0 Å². The van der Waals surface area contributed by atoms with Crippen LogP contribution in [0.15, 0.2) is 57.8 Å². The van der Waals surface area contributed by atoms with Gasteiger partial charge in [0.05, 0.1) is 18.8 Å². The maximum atomic E-state index is 13.0. The lowest BCUT2D eigenvalue weighted by molar-refractivity contribution is -0.163. The highest BCUT2D eigenvalue weighted by Gasteiger charge is 2.36. The third-order valence-electron chi connectivity index (χ3n) is 5.61. The minimum atomic E-state index is -0.646. The molecule has 9 nitrogen and oxygen atoms in total. The fourth-order valence-corrected chi connectivity index (χ4v) is 4.07. The van der Waals surface area contributed by atoms with E-state index in [4.69, 9.17) is 9.26 Å². The van der Waals surface area contributed by atoms with E-state index in [1.807, 2.05) is 56.0 Å². The first-order chi connectivity index (χ1) is 15.8. The maximum absolute atomic E-state index is 13.0. The van der Waals surface area contributed by atoms with E-state index in [-0.39, 0.29) is 18.2 Å². The number of nitrogens with one attached hydrogen (secondary N) is 1. The van der Waals surface area contributed by atoms with Gasteiger partial charge in [-0.05, 0) is 37.6 Å². The smallest absolute Gasteiger partial charge is 0.343 e. The predicted octanol–water partition coefficient (Wildman–Crippen LogP) is 3.11. The van der Waals surface area contributed by atoms with Gasteiger partial charge < -0.3 is 9.26 Å². The molecule has 0 saturated heterocycles. The van der Waals surface area contributed by atoms with E-state index in [2.05, 4.69) is 33.6 Å². The molecule has 0 bridgehead atoms. The predicted molar refractivity (Wildman–Crippen MR) is 121 cm³/mol. The Morgan fingerprint density at radius 1 is 1.18 bits per heavy atom. The van der Waals surface area contributed by atoms with Crippen LogP contribution in [0, 0.1) is 0 Å². The Hall–Kier alpha value is -3.72. The zero-order valence-electron chi connectivity index (χ0n) is 18.7. The largest absolute Gasteiger partial charge is 0.459 e. The van der Waals surface area contributed by atoms with Crippen LogP contribution in [0.2, 0.25) is 0 Å². The number of carbonyl (C=O) groups excluding carboxylic acids is 1. The first-order valence-corrected chi connectivity index (χ1v) is 10.8. The third-order valence-corrected chi connectivity index (χ3v) is 5.61.